The molecule has 5 nitrogen and oxygen atoms in total. The van der Waals surface area contributed by atoms with Crippen molar-refractivity contribution in [1.82, 2.24) is 10.3 Å². The molecule has 1 fully saturated rings. The number of terminal acetylenes is 1. The Kier molecular flexibility index (Phi) is 6.95. The van der Waals surface area contributed by atoms with Crippen molar-refractivity contribution in [3.05, 3.63) is 88.6 Å². The van der Waals surface area contributed by atoms with Crippen molar-refractivity contribution < 1.29 is 9.13 Å². The second-order valence-corrected chi connectivity index (χ2v) is 8.21. The van der Waals surface area contributed by atoms with Gasteiger partial charge in [-0.25, -0.2) is 14.4 Å². The Bertz CT molecular complexity index is 1150. The van der Waals surface area contributed by atoms with E-state index < -0.39 is 0 Å². The molecule has 1 aliphatic carbocycles. The maximum Gasteiger partial charge on any atom is 0.132 e. The molecule has 2 aliphatic rings. The highest BCUT2D eigenvalue weighted by atomic mass is 32.1. The van der Waals surface area contributed by atoms with E-state index in [1.807, 2.05) is 17.5 Å². The number of nitrogens with one attached hydrogen (secondary N) is 2. The van der Waals surface area contributed by atoms with Crippen LogP contribution in [-0.2, 0) is 4.74 Å². The van der Waals surface area contributed by atoms with Gasteiger partial charge in [-0.3, -0.25) is 0 Å². The van der Waals surface area contributed by atoms with Gasteiger partial charge < -0.3 is 15.4 Å². The monoisotopic (exact) mass is 446 g/mol. The van der Waals surface area contributed by atoms with Gasteiger partial charge >= 0.3 is 0 Å². The number of anilines is 1. The second kappa shape index (κ2) is 10.2. The zero-order valence-corrected chi connectivity index (χ0v) is 18.3. The first-order valence-electron chi connectivity index (χ1n) is 10.3. The van der Waals surface area contributed by atoms with Gasteiger partial charge in [-0.1, -0.05) is 18.6 Å². The Labute approximate surface area is 191 Å². The molecule has 0 saturated carbocycles. The first-order chi connectivity index (χ1) is 15.6. The number of aromatic nitrogens is 1. The van der Waals surface area contributed by atoms with Crippen molar-refractivity contribution in [3.63, 3.8) is 0 Å². The van der Waals surface area contributed by atoms with Crippen LogP contribution in [0.1, 0.15) is 17.8 Å². The predicted octanol–water partition coefficient (Wildman–Crippen LogP) is 4.92. The molecule has 0 unspecified atom stereocenters. The Morgan fingerprint density at radius 3 is 2.94 bits per heavy atom. The van der Waals surface area contributed by atoms with Crippen LogP contribution in [0.15, 0.2) is 82.8 Å². The summed E-state index contributed by atoms with van der Waals surface area (Å²) in [5.74, 6) is 3.30. The van der Waals surface area contributed by atoms with E-state index >= 15 is 0 Å². The molecule has 1 aliphatic heterocycles. The molecule has 162 valence electrons. The van der Waals surface area contributed by atoms with Gasteiger partial charge in [0.25, 0.3) is 0 Å². The lowest BCUT2D eigenvalue weighted by atomic mass is 9.97. The Balaban J connectivity index is 1.66. The number of halogens is 1. The largest absolute Gasteiger partial charge is 0.490 e. The van der Waals surface area contributed by atoms with Crippen LogP contribution in [0.3, 0.4) is 0 Å². The van der Waals surface area contributed by atoms with Gasteiger partial charge in [0, 0.05) is 28.9 Å². The Morgan fingerprint density at radius 1 is 1.38 bits per heavy atom. The van der Waals surface area contributed by atoms with Crippen LogP contribution < -0.4 is 10.6 Å². The molecule has 2 heterocycles. The number of hydrogen-bond acceptors (Lipinski definition) is 6. The van der Waals surface area contributed by atoms with Crippen LogP contribution in [0, 0.1) is 18.2 Å². The number of allylic oxidation sites excluding steroid dienone is 5. The van der Waals surface area contributed by atoms with E-state index in [0.717, 1.165) is 42.1 Å². The summed E-state index contributed by atoms with van der Waals surface area (Å²) in [5, 5.41) is 9.15. The normalized spacial score (nSPS) is 19.2. The smallest absolute Gasteiger partial charge is 0.132 e. The molecular formula is C25H23FN4OS. The molecule has 1 aromatic heterocycles. The average molecular weight is 447 g/mol. The van der Waals surface area contributed by atoms with E-state index in [0.29, 0.717) is 23.0 Å². The van der Waals surface area contributed by atoms with Gasteiger partial charge in [0.2, 0.25) is 0 Å². The minimum Gasteiger partial charge on any atom is -0.490 e. The topological polar surface area (TPSA) is 58.5 Å². The lowest BCUT2D eigenvalue weighted by molar-refractivity contribution is 0.0983. The molecule has 4 rings (SSSR count). The molecule has 0 amide bonds. The van der Waals surface area contributed by atoms with Gasteiger partial charge in [0.05, 0.1) is 11.3 Å². The number of thiazole rings is 1. The average Bonchev–Trinajstić information content (AvgIpc) is 3.31. The SMILES string of the molecule is C#C/C=C1/C=C(c2nccs2)C(OC2CCNCC2)=CC1=NC(=C)Nc1cccc(F)c1. The van der Waals surface area contributed by atoms with E-state index in [1.165, 1.54) is 23.5 Å². The fourth-order valence-corrected chi connectivity index (χ4v) is 4.17. The number of nitrogens with zero attached hydrogens (tertiary/aromatic N) is 2. The van der Waals surface area contributed by atoms with E-state index in [4.69, 9.17) is 11.2 Å². The van der Waals surface area contributed by atoms with Crippen LogP contribution in [0.25, 0.3) is 5.57 Å². The number of piperidine rings is 1. The zero-order valence-electron chi connectivity index (χ0n) is 17.5. The van der Waals surface area contributed by atoms with Crippen molar-refractivity contribution >= 4 is 28.3 Å². The van der Waals surface area contributed by atoms with Crippen molar-refractivity contribution in [2.75, 3.05) is 18.4 Å². The van der Waals surface area contributed by atoms with Crippen molar-refractivity contribution in [2.24, 2.45) is 4.99 Å². The standard InChI is InChI=1S/C25H23FN4OS/c1-3-5-18-14-22(25-28-12-13-32-25)24(31-21-8-10-27-11-9-21)16-23(18)30-17(2)29-20-7-4-6-19(26)15-20/h1,4-7,12-16,21,27,29H,2,8-11H2/b18-5-,30-23?. The molecule has 1 saturated heterocycles. The van der Waals surface area contributed by atoms with E-state index in [2.05, 4.69) is 33.1 Å². The van der Waals surface area contributed by atoms with Gasteiger partial charge in [0.1, 0.15) is 28.5 Å². The van der Waals surface area contributed by atoms with E-state index in [1.54, 1.807) is 24.4 Å². The third-order valence-electron chi connectivity index (χ3n) is 4.98. The van der Waals surface area contributed by atoms with Gasteiger partial charge in [0.15, 0.2) is 0 Å². The molecule has 7 heteroatoms. The summed E-state index contributed by atoms with van der Waals surface area (Å²) in [6, 6.07) is 6.13. The lowest BCUT2D eigenvalue weighted by Gasteiger charge is -2.27. The highest BCUT2D eigenvalue weighted by Crippen LogP contribution is 2.33. The first kappa shape index (κ1) is 21.8. The molecular weight excluding hydrogens is 423 g/mol. The summed E-state index contributed by atoms with van der Waals surface area (Å²) in [7, 11) is 0. The summed E-state index contributed by atoms with van der Waals surface area (Å²) in [4.78, 5) is 9.08. The lowest BCUT2D eigenvalue weighted by Crippen LogP contribution is -2.32. The third kappa shape index (κ3) is 5.41. The van der Waals surface area contributed by atoms with Crippen molar-refractivity contribution in [3.8, 4) is 12.3 Å². The quantitative estimate of drug-likeness (QED) is 0.619. The van der Waals surface area contributed by atoms with E-state index in [9.17, 15) is 4.39 Å². The molecule has 0 atom stereocenters. The Hall–Kier alpha value is -3.47. The second-order valence-electron chi connectivity index (χ2n) is 7.32. The Morgan fingerprint density at radius 2 is 2.22 bits per heavy atom. The van der Waals surface area contributed by atoms with Gasteiger partial charge in [-0.15, -0.1) is 17.8 Å². The maximum absolute atomic E-state index is 13.5. The minimum absolute atomic E-state index is 0.110. The van der Waals surface area contributed by atoms with Crippen LogP contribution in [0.5, 0.6) is 0 Å². The fourth-order valence-electron chi connectivity index (χ4n) is 3.51. The van der Waals surface area contributed by atoms with Crippen LogP contribution in [-0.4, -0.2) is 29.9 Å². The molecule has 0 radical (unpaired) electrons. The van der Waals surface area contributed by atoms with Crippen LogP contribution in [0.4, 0.5) is 10.1 Å². The van der Waals surface area contributed by atoms with Crippen LogP contribution in [0.2, 0.25) is 0 Å². The summed E-state index contributed by atoms with van der Waals surface area (Å²) < 4.78 is 19.9. The molecule has 0 spiro atoms. The van der Waals surface area contributed by atoms with Gasteiger partial charge in [-0.2, -0.15) is 0 Å². The summed E-state index contributed by atoms with van der Waals surface area (Å²) in [6.07, 6.45) is 14.8. The summed E-state index contributed by atoms with van der Waals surface area (Å²) in [6.45, 7) is 5.81. The first-order valence-corrected chi connectivity index (χ1v) is 11.2. The van der Waals surface area contributed by atoms with Crippen LogP contribution >= 0.6 is 11.3 Å². The van der Waals surface area contributed by atoms with Crippen molar-refractivity contribution in [2.45, 2.75) is 18.9 Å². The number of rotatable bonds is 6. The molecule has 32 heavy (non-hydrogen) atoms. The zero-order chi connectivity index (χ0) is 22.3. The molecule has 0 bridgehead atoms. The highest BCUT2D eigenvalue weighted by Gasteiger charge is 2.24. The highest BCUT2D eigenvalue weighted by molar-refractivity contribution is 7.10. The van der Waals surface area contributed by atoms with Crippen molar-refractivity contribution in [1.29, 1.82) is 0 Å². The summed E-state index contributed by atoms with van der Waals surface area (Å²) >= 11 is 1.54. The third-order valence-corrected chi connectivity index (χ3v) is 5.79. The van der Waals surface area contributed by atoms with E-state index in [-0.39, 0.29) is 11.9 Å². The fraction of sp³-hybridized carbons (Fsp3) is 0.200. The number of hydrogen-bond donors (Lipinski definition) is 2. The molecule has 1 aromatic carbocycles. The summed E-state index contributed by atoms with van der Waals surface area (Å²) in [5.41, 5.74) is 2.80. The molecule has 2 aromatic rings. The number of ether oxygens (including phenoxy) is 1. The number of aliphatic imine (C=N–C) groups is 1. The number of benzene rings is 1. The molecule has 2 N–H and O–H groups in total. The maximum atomic E-state index is 13.5. The van der Waals surface area contributed by atoms with Gasteiger partial charge in [-0.05, 0) is 56.3 Å². The minimum atomic E-state index is -0.338. The predicted molar refractivity (Wildman–Crippen MR) is 129 cm³/mol.